The van der Waals surface area contributed by atoms with Gasteiger partial charge >= 0.3 is 0 Å². The molecule has 0 aliphatic carbocycles. The molecule has 0 heterocycles. The maximum atomic E-state index is 11.7. The highest BCUT2D eigenvalue weighted by molar-refractivity contribution is 9.10. The van der Waals surface area contributed by atoms with E-state index in [-0.39, 0.29) is 6.04 Å². The summed E-state index contributed by atoms with van der Waals surface area (Å²) in [6, 6.07) is 3.18. The zero-order valence-electron chi connectivity index (χ0n) is 9.91. The molecule has 0 amide bonds. The lowest BCUT2D eigenvalue weighted by Crippen LogP contribution is -2.35. The topological polar surface area (TPSA) is 84.2 Å². The van der Waals surface area contributed by atoms with Crippen LogP contribution in [-0.2, 0) is 10.2 Å². The lowest BCUT2D eigenvalue weighted by molar-refractivity contribution is 0.575. The van der Waals surface area contributed by atoms with Gasteiger partial charge in [-0.3, -0.25) is 4.72 Å². The van der Waals surface area contributed by atoms with Crippen molar-refractivity contribution < 1.29 is 8.42 Å². The summed E-state index contributed by atoms with van der Waals surface area (Å²) in [5.41, 5.74) is 7.57. The van der Waals surface area contributed by atoms with E-state index in [0.717, 1.165) is 5.56 Å². The van der Waals surface area contributed by atoms with Gasteiger partial charge in [-0.25, -0.2) is 0 Å². The van der Waals surface area contributed by atoms with E-state index in [2.05, 4.69) is 25.4 Å². The Bertz CT molecular complexity index is 515. The molecule has 1 aromatic rings. The molecule has 7 heteroatoms. The van der Waals surface area contributed by atoms with Gasteiger partial charge in [0, 0.05) is 16.2 Å². The molecule has 0 bridgehead atoms. The fourth-order valence-corrected chi connectivity index (χ4v) is 3.08. The maximum absolute atomic E-state index is 11.7. The first-order valence-corrected chi connectivity index (χ1v) is 7.34. The summed E-state index contributed by atoms with van der Waals surface area (Å²) in [6.07, 6.45) is 0. The van der Waals surface area contributed by atoms with E-state index in [1.54, 1.807) is 26.0 Å². The minimum atomic E-state index is -3.57. The number of rotatable bonds is 4. The summed E-state index contributed by atoms with van der Waals surface area (Å²) < 4.78 is 28.8. The second-order valence-corrected chi connectivity index (χ2v) is 6.37. The lowest BCUT2D eigenvalue weighted by atomic mass is 10.2. The molecule has 4 N–H and O–H groups in total. The molecule has 0 atom stereocenters. The fourth-order valence-electron chi connectivity index (χ4n) is 1.25. The summed E-state index contributed by atoms with van der Waals surface area (Å²) in [4.78, 5) is 0. The number of anilines is 2. The monoisotopic (exact) mass is 321 g/mol. The third-order valence-electron chi connectivity index (χ3n) is 1.99. The molecule has 0 spiro atoms. The minimum absolute atomic E-state index is 0.172. The number of nitrogens with two attached hydrogens (primary N) is 1. The first-order valence-electron chi connectivity index (χ1n) is 5.07. The molecule has 0 aliphatic heterocycles. The molecule has 0 saturated heterocycles. The highest BCUT2D eigenvalue weighted by atomic mass is 79.9. The molecular formula is C10H16BrN3O2S. The van der Waals surface area contributed by atoms with Crippen LogP contribution in [0.1, 0.15) is 19.4 Å². The van der Waals surface area contributed by atoms with E-state index in [0.29, 0.717) is 15.8 Å². The van der Waals surface area contributed by atoms with E-state index in [9.17, 15) is 8.42 Å². The fraction of sp³-hybridized carbons (Fsp3) is 0.400. The maximum Gasteiger partial charge on any atom is 0.299 e. The van der Waals surface area contributed by atoms with Crippen LogP contribution in [0.5, 0.6) is 0 Å². The van der Waals surface area contributed by atoms with Crippen molar-refractivity contribution in [3.8, 4) is 0 Å². The first kappa shape index (κ1) is 14.3. The second-order valence-electron chi connectivity index (χ2n) is 4.07. The predicted octanol–water partition coefficient (Wildman–Crippen LogP) is 1.99. The molecule has 5 nitrogen and oxygen atoms in total. The van der Waals surface area contributed by atoms with Gasteiger partial charge in [-0.15, -0.1) is 0 Å². The zero-order chi connectivity index (χ0) is 13.2. The van der Waals surface area contributed by atoms with Crippen molar-refractivity contribution in [2.45, 2.75) is 26.8 Å². The summed E-state index contributed by atoms with van der Waals surface area (Å²) >= 11 is 3.29. The van der Waals surface area contributed by atoms with Gasteiger partial charge in [0.15, 0.2) is 0 Å². The Kier molecular flexibility index (Phi) is 4.40. The van der Waals surface area contributed by atoms with E-state index in [4.69, 9.17) is 5.73 Å². The average Bonchev–Trinajstić information content (AvgIpc) is 2.11. The number of aryl methyl sites for hydroxylation is 1. The van der Waals surface area contributed by atoms with Crippen LogP contribution in [0.4, 0.5) is 11.4 Å². The van der Waals surface area contributed by atoms with Gasteiger partial charge in [0.05, 0.1) is 5.69 Å². The first-order chi connectivity index (χ1) is 7.71. The molecule has 96 valence electrons. The van der Waals surface area contributed by atoms with Crippen LogP contribution in [0.2, 0.25) is 0 Å². The molecule has 0 radical (unpaired) electrons. The molecule has 0 aliphatic rings. The van der Waals surface area contributed by atoms with Gasteiger partial charge in [0.1, 0.15) is 0 Å². The molecule has 17 heavy (non-hydrogen) atoms. The number of hydrogen-bond donors (Lipinski definition) is 3. The van der Waals surface area contributed by atoms with Crippen molar-refractivity contribution in [2.75, 3.05) is 10.5 Å². The standard InChI is InChI=1S/C10H16BrN3O2S/c1-6(2)13-17(15,16)14-10-5-9(12)7(3)4-8(10)11/h4-6,13-14H,12H2,1-3H3. The molecule has 1 rings (SSSR count). The normalized spacial score (nSPS) is 11.8. The molecule has 1 aromatic carbocycles. The minimum Gasteiger partial charge on any atom is -0.398 e. The summed E-state index contributed by atoms with van der Waals surface area (Å²) in [7, 11) is -3.57. The second kappa shape index (κ2) is 5.24. The van der Waals surface area contributed by atoms with Gasteiger partial charge < -0.3 is 5.73 Å². The molecular weight excluding hydrogens is 306 g/mol. The van der Waals surface area contributed by atoms with Crippen LogP contribution in [0.15, 0.2) is 16.6 Å². The predicted molar refractivity (Wildman–Crippen MR) is 74.1 cm³/mol. The Morgan fingerprint density at radius 1 is 1.35 bits per heavy atom. The largest absolute Gasteiger partial charge is 0.398 e. The summed E-state index contributed by atoms with van der Waals surface area (Å²) in [5, 5.41) is 0. The third kappa shape index (κ3) is 4.18. The van der Waals surface area contributed by atoms with Gasteiger partial charge in [0.2, 0.25) is 0 Å². The molecule has 0 unspecified atom stereocenters. The van der Waals surface area contributed by atoms with Crippen LogP contribution in [-0.4, -0.2) is 14.5 Å². The van der Waals surface area contributed by atoms with Crippen molar-refractivity contribution in [2.24, 2.45) is 0 Å². The highest BCUT2D eigenvalue weighted by Gasteiger charge is 2.13. The Labute approximate surface area is 110 Å². The lowest BCUT2D eigenvalue weighted by Gasteiger charge is -2.14. The number of hydrogen-bond acceptors (Lipinski definition) is 3. The van der Waals surface area contributed by atoms with Crippen LogP contribution >= 0.6 is 15.9 Å². The summed E-state index contributed by atoms with van der Waals surface area (Å²) in [5.74, 6) is 0. The Balaban J connectivity index is 3.00. The van der Waals surface area contributed by atoms with Gasteiger partial charge in [-0.2, -0.15) is 13.1 Å². The van der Waals surface area contributed by atoms with Crippen molar-refractivity contribution in [3.63, 3.8) is 0 Å². The third-order valence-corrected chi connectivity index (χ3v) is 3.92. The van der Waals surface area contributed by atoms with Crippen LogP contribution in [0.3, 0.4) is 0 Å². The van der Waals surface area contributed by atoms with Crippen LogP contribution in [0.25, 0.3) is 0 Å². The van der Waals surface area contributed by atoms with Gasteiger partial charge in [-0.05, 0) is 54.4 Å². The number of nitrogens with one attached hydrogen (secondary N) is 2. The number of nitrogen functional groups attached to an aromatic ring is 1. The molecule has 0 fully saturated rings. The average molecular weight is 322 g/mol. The van der Waals surface area contributed by atoms with E-state index < -0.39 is 10.2 Å². The van der Waals surface area contributed by atoms with E-state index in [1.165, 1.54) is 0 Å². The highest BCUT2D eigenvalue weighted by Crippen LogP contribution is 2.28. The molecule has 0 aromatic heterocycles. The Morgan fingerprint density at radius 3 is 2.47 bits per heavy atom. The smallest absolute Gasteiger partial charge is 0.299 e. The number of halogens is 1. The van der Waals surface area contributed by atoms with Crippen molar-refractivity contribution in [1.29, 1.82) is 0 Å². The van der Waals surface area contributed by atoms with Crippen molar-refractivity contribution in [1.82, 2.24) is 4.72 Å². The zero-order valence-corrected chi connectivity index (χ0v) is 12.3. The van der Waals surface area contributed by atoms with Gasteiger partial charge in [-0.1, -0.05) is 0 Å². The van der Waals surface area contributed by atoms with Gasteiger partial charge in [0.25, 0.3) is 10.2 Å². The number of benzene rings is 1. The quantitative estimate of drug-likeness (QED) is 0.741. The SMILES string of the molecule is Cc1cc(Br)c(NS(=O)(=O)NC(C)C)cc1N. The molecule has 0 saturated carbocycles. The van der Waals surface area contributed by atoms with Crippen molar-refractivity contribution in [3.05, 3.63) is 22.2 Å². The van der Waals surface area contributed by atoms with E-state index >= 15 is 0 Å². The van der Waals surface area contributed by atoms with Crippen LogP contribution in [0, 0.1) is 6.92 Å². The Hall–Kier alpha value is -0.790. The Morgan fingerprint density at radius 2 is 1.94 bits per heavy atom. The van der Waals surface area contributed by atoms with E-state index in [1.807, 2.05) is 6.92 Å². The van der Waals surface area contributed by atoms with Crippen LogP contribution < -0.4 is 15.2 Å². The van der Waals surface area contributed by atoms with Crippen molar-refractivity contribution >= 4 is 37.5 Å². The summed E-state index contributed by atoms with van der Waals surface area (Å²) in [6.45, 7) is 5.35.